The number of nitrogens with one attached hydrogen (secondary N) is 2. The fourth-order valence-electron chi connectivity index (χ4n) is 7.15. The van der Waals surface area contributed by atoms with E-state index in [0.29, 0.717) is 24.4 Å². The average molecular weight is 793 g/mol. The number of aromatic nitrogens is 8. The molecule has 1 fully saturated rings. The minimum absolute atomic E-state index is 0.194. The highest BCUT2D eigenvalue weighted by Crippen LogP contribution is 2.44. The van der Waals surface area contributed by atoms with Crippen molar-refractivity contribution in [2.24, 2.45) is 0 Å². The fourth-order valence-corrected chi connectivity index (χ4v) is 7.15. The van der Waals surface area contributed by atoms with Gasteiger partial charge in [0.1, 0.15) is 17.0 Å². The Labute approximate surface area is 323 Å². The molecule has 12 nitrogen and oxygen atoms in total. The summed E-state index contributed by atoms with van der Waals surface area (Å²) in [6.07, 6.45) is 0.0328. The molecular formula is C39H38F6N10O2. The third kappa shape index (κ3) is 8.61. The summed E-state index contributed by atoms with van der Waals surface area (Å²) in [4.78, 5) is 15.1. The van der Waals surface area contributed by atoms with Gasteiger partial charge in [0, 0.05) is 60.3 Å². The standard InChI is InChI=1S/C39H38F6N10O2/c1-22-11-26(15-30(13-22)50-35-46-8-5-33(52-35)38(40,41)42)28-18-48-54(20-28)24(3)37(17-32(56)7-10-57-37)25(4)55-21-29(19-49-55)27-12-23(2)14-31(16-27)51-36-47-9-6-34(53-36)39(43,44)45/h5-6,8-9,11-16,18-21,24-25,32,56H,7,10,17H2,1-4H3,(H,46,50,52)(H,47,51,53)/t24-,25-,32?/m0/s1. The van der Waals surface area contributed by atoms with Crippen LogP contribution in [0, 0.1) is 13.8 Å². The summed E-state index contributed by atoms with van der Waals surface area (Å²) in [6, 6.07) is 11.7. The molecule has 1 saturated heterocycles. The first-order valence-electron chi connectivity index (χ1n) is 18.0. The van der Waals surface area contributed by atoms with Gasteiger partial charge in [0.25, 0.3) is 0 Å². The van der Waals surface area contributed by atoms with E-state index in [9.17, 15) is 31.4 Å². The summed E-state index contributed by atoms with van der Waals surface area (Å²) < 4.78 is 89.7. The number of aryl methyl sites for hydroxylation is 2. The summed E-state index contributed by atoms with van der Waals surface area (Å²) in [7, 11) is 0. The maximum atomic E-state index is 13.3. The van der Waals surface area contributed by atoms with Crippen LogP contribution in [0.15, 0.2) is 85.7 Å². The number of aliphatic hydroxyl groups is 1. The predicted octanol–water partition coefficient (Wildman–Crippen LogP) is 8.87. The Morgan fingerprint density at radius 3 is 1.60 bits per heavy atom. The zero-order valence-electron chi connectivity index (χ0n) is 31.1. The largest absolute Gasteiger partial charge is 0.433 e. The van der Waals surface area contributed by atoms with E-state index < -0.39 is 47.5 Å². The Hall–Kier alpha value is -5.88. The SMILES string of the molecule is Cc1cc(Nc2nccc(C(F)(F)F)n2)cc(-c2cnn([C@@H](C)C3([C@H](C)n4cc(-c5cc(C)cc(Nc6nccc(C(F)(F)F)n6)c5)cn4)CC(O)CCO3)c2)c1. The van der Waals surface area contributed by atoms with Crippen LogP contribution in [0.4, 0.5) is 49.6 Å². The predicted molar refractivity (Wildman–Crippen MR) is 199 cm³/mol. The van der Waals surface area contributed by atoms with Crippen LogP contribution in [0.5, 0.6) is 0 Å². The molecular weight excluding hydrogens is 754 g/mol. The third-order valence-electron chi connectivity index (χ3n) is 10.0. The highest BCUT2D eigenvalue weighted by Gasteiger charge is 2.49. The molecule has 6 aromatic rings. The zero-order chi connectivity index (χ0) is 40.7. The first kappa shape index (κ1) is 39.4. The van der Waals surface area contributed by atoms with E-state index in [2.05, 4.69) is 30.6 Å². The Kier molecular flexibility index (Phi) is 10.5. The molecule has 3 atom stereocenters. The second-order valence-electron chi connectivity index (χ2n) is 14.2. The average Bonchev–Trinajstić information content (AvgIpc) is 3.85. The Morgan fingerprint density at radius 2 is 1.18 bits per heavy atom. The van der Waals surface area contributed by atoms with Crippen molar-refractivity contribution in [3.8, 4) is 22.3 Å². The molecule has 5 heterocycles. The topological polar surface area (TPSA) is 141 Å². The van der Waals surface area contributed by atoms with Gasteiger partial charge in [-0.05, 0) is 92.8 Å². The minimum Gasteiger partial charge on any atom is -0.393 e. The normalized spacial score (nSPS) is 16.9. The van der Waals surface area contributed by atoms with Gasteiger partial charge in [0.2, 0.25) is 11.9 Å². The summed E-state index contributed by atoms with van der Waals surface area (Å²) in [6.45, 7) is 7.93. The van der Waals surface area contributed by atoms with Gasteiger partial charge in [-0.1, -0.05) is 12.1 Å². The molecule has 1 unspecified atom stereocenters. The van der Waals surface area contributed by atoms with E-state index in [1.165, 1.54) is 0 Å². The molecule has 4 aromatic heterocycles. The zero-order valence-corrected chi connectivity index (χ0v) is 31.1. The summed E-state index contributed by atoms with van der Waals surface area (Å²) in [5.41, 5.74) is 2.52. The van der Waals surface area contributed by atoms with Gasteiger partial charge in [-0.3, -0.25) is 9.36 Å². The highest BCUT2D eigenvalue weighted by atomic mass is 19.4. The number of aliphatic hydroxyl groups excluding tert-OH is 1. The van der Waals surface area contributed by atoms with Crippen LogP contribution in [-0.2, 0) is 17.1 Å². The second kappa shape index (κ2) is 15.2. The van der Waals surface area contributed by atoms with Crippen molar-refractivity contribution in [2.75, 3.05) is 17.2 Å². The van der Waals surface area contributed by atoms with Gasteiger partial charge < -0.3 is 20.5 Å². The van der Waals surface area contributed by atoms with Crippen LogP contribution < -0.4 is 10.6 Å². The number of hydrogen-bond acceptors (Lipinski definition) is 10. The molecule has 0 bridgehead atoms. The quantitative estimate of drug-likeness (QED) is 0.115. The van der Waals surface area contributed by atoms with Crippen LogP contribution in [0.2, 0.25) is 0 Å². The molecule has 18 heteroatoms. The van der Waals surface area contributed by atoms with E-state index in [1.54, 1.807) is 46.0 Å². The summed E-state index contributed by atoms with van der Waals surface area (Å²) in [5.74, 6) is -0.388. The molecule has 1 aliphatic rings. The van der Waals surface area contributed by atoms with Gasteiger partial charge in [-0.15, -0.1) is 0 Å². The Morgan fingerprint density at radius 1 is 0.719 bits per heavy atom. The van der Waals surface area contributed by atoms with E-state index in [1.807, 2.05) is 52.2 Å². The lowest BCUT2D eigenvalue weighted by molar-refractivity contribution is -0.167. The van der Waals surface area contributed by atoms with Gasteiger partial charge in [-0.2, -0.15) is 36.5 Å². The molecule has 57 heavy (non-hydrogen) atoms. The van der Waals surface area contributed by atoms with Crippen molar-refractivity contribution in [1.82, 2.24) is 39.5 Å². The van der Waals surface area contributed by atoms with Gasteiger partial charge in [0.05, 0.1) is 30.6 Å². The monoisotopic (exact) mass is 792 g/mol. The maximum Gasteiger partial charge on any atom is 0.433 e. The number of ether oxygens (including phenoxy) is 1. The summed E-state index contributed by atoms with van der Waals surface area (Å²) >= 11 is 0. The molecule has 1 aliphatic heterocycles. The molecule has 3 N–H and O–H groups in total. The summed E-state index contributed by atoms with van der Waals surface area (Å²) in [5, 5.41) is 26.1. The molecule has 0 aliphatic carbocycles. The van der Waals surface area contributed by atoms with Crippen LogP contribution in [0.1, 0.15) is 61.3 Å². The smallest absolute Gasteiger partial charge is 0.393 e. The van der Waals surface area contributed by atoms with Gasteiger partial charge >= 0.3 is 12.4 Å². The van der Waals surface area contributed by atoms with E-state index in [0.717, 1.165) is 57.9 Å². The van der Waals surface area contributed by atoms with Crippen LogP contribution >= 0.6 is 0 Å². The first-order chi connectivity index (χ1) is 27.0. The van der Waals surface area contributed by atoms with E-state index >= 15 is 0 Å². The Bertz CT molecular complexity index is 2220. The number of alkyl halides is 6. The first-order valence-corrected chi connectivity index (χ1v) is 18.0. The number of nitrogens with zero attached hydrogens (tertiary/aromatic N) is 8. The molecule has 7 rings (SSSR count). The fraction of sp³-hybridized carbons (Fsp3) is 0.333. The van der Waals surface area contributed by atoms with Crippen molar-refractivity contribution >= 4 is 23.3 Å². The molecule has 2 aromatic carbocycles. The van der Waals surface area contributed by atoms with Crippen LogP contribution in [-0.4, -0.2) is 62.9 Å². The number of anilines is 4. The number of hydrogen-bond donors (Lipinski definition) is 3. The Balaban J connectivity index is 1.14. The highest BCUT2D eigenvalue weighted by molar-refractivity contribution is 5.71. The molecule has 0 saturated carbocycles. The molecule has 298 valence electrons. The number of rotatable bonds is 10. The van der Waals surface area contributed by atoms with E-state index in [4.69, 9.17) is 14.9 Å². The lowest BCUT2D eigenvalue weighted by atomic mass is 9.80. The minimum atomic E-state index is -4.62. The van der Waals surface area contributed by atoms with Gasteiger partial charge in [0.15, 0.2) is 0 Å². The van der Waals surface area contributed by atoms with Crippen molar-refractivity contribution < 1.29 is 36.2 Å². The van der Waals surface area contributed by atoms with Crippen molar-refractivity contribution in [2.45, 2.75) is 76.7 Å². The molecule has 0 radical (unpaired) electrons. The molecule has 0 spiro atoms. The molecule has 0 amide bonds. The second-order valence-corrected chi connectivity index (χ2v) is 14.2. The van der Waals surface area contributed by atoms with Crippen molar-refractivity contribution in [3.05, 3.63) is 108 Å². The van der Waals surface area contributed by atoms with Crippen molar-refractivity contribution in [3.63, 3.8) is 0 Å². The number of benzene rings is 2. The van der Waals surface area contributed by atoms with Crippen LogP contribution in [0.3, 0.4) is 0 Å². The lowest BCUT2D eigenvalue weighted by Crippen LogP contribution is -2.52. The maximum absolute atomic E-state index is 13.3. The number of halogens is 6. The van der Waals surface area contributed by atoms with Gasteiger partial charge in [-0.25, -0.2) is 19.9 Å². The third-order valence-corrected chi connectivity index (χ3v) is 10.0. The van der Waals surface area contributed by atoms with Crippen LogP contribution in [0.25, 0.3) is 22.3 Å². The van der Waals surface area contributed by atoms with E-state index in [-0.39, 0.29) is 18.3 Å². The van der Waals surface area contributed by atoms with Crippen molar-refractivity contribution in [1.29, 1.82) is 0 Å². The lowest BCUT2D eigenvalue weighted by Gasteiger charge is -2.47.